The number of ether oxygens (including phenoxy) is 2. The first-order valence-corrected chi connectivity index (χ1v) is 22.7. The van der Waals surface area contributed by atoms with Crippen molar-refractivity contribution in [3.63, 3.8) is 0 Å². The lowest BCUT2D eigenvalue weighted by Gasteiger charge is -2.26. The maximum Gasteiger partial charge on any atom is 0.147 e. The first kappa shape index (κ1) is 41.2. The van der Waals surface area contributed by atoms with Crippen LogP contribution in [-0.2, 0) is 0 Å². The van der Waals surface area contributed by atoms with Gasteiger partial charge in [-0.15, -0.1) is 0 Å². The van der Waals surface area contributed by atoms with Gasteiger partial charge in [0.25, 0.3) is 0 Å². The molecule has 9 aromatic carbocycles. The zero-order chi connectivity index (χ0) is 45.6. The highest BCUT2D eigenvalue weighted by molar-refractivity contribution is 6.10. The number of hydrogen-bond acceptors (Lipinski definition) is 4. The Balaban J connectivity index is 0.951. The van der Waals surface area contributed by atoms with E-state index in [9.17, 15) is 10.2 Å². The highest BCUT2D eigenvalue weighted by Crippen LogP contribution is 2.46. The van der Waals surface area contributed by atoms with E-state index in [1.165, 1.54) is 0 Å². The molecule has 0 aliphatic carbocycles. The summed E-state index contributed by atoms with van der Waals surface area (Å²) in [5.74, 6) is 1.55. The average molecular weight is 873 g/mol. The Morgan fingerprint density at radius 2 is 0.821 bits per heavy atom. The van der Waals surface area contributed by atoms with Crippen molar-refractivity contribution in [3.05, 3.63) is 230 Å². The lowest BCUT2D eigenvalue weighted by molar-refractivity contribution is 0.135. The van der Waals surface area contributed by atoms with Gasteiger partial charge in [0.15, 0.2) is 0 Å². The summed E-state index contributed by atoms with van der Waals surface area (Å²) in [5.41, 5.74) is 11.3. The lowest BCUT2D eigenvalue weighted by atomic mass is 9.98. The van der Waals surface area contributed by atoms with Crippen molar-refractivity contribution in [2.75, 3.05) is 0 Å². The summed E-state index contributed by atoms with van der Waals surface area (Å²) in [5, 5.41) is 29.2. The predicted molar refractivity (Wildman–Crippen MR) is 274 cm³/mol. The summed E-state index contributed by atoms with van der Waals surface area (Å²) in [6, 6.07) is 67.2. The van der Waals surface area contributed by atoms with Crippen LogP contribution >= 0.6 is 0 Å². The second-order valence-corrected chi connectivity index (χ2v) is 17.2. The standard InChI is InChI=1S/C61H48N2O4/c1-4-42(66-57-32-18-12-26-47(57)49-34-39(2)36-55(60(49)64)62-51-28-14-8-22-43(51)44-23-9-15-29-52(44)62)38-59(41-20-6-5-7-21-41)67-58-33-19-13-27-48(58)50-35-40(3)37-56(61(50)65)63-53-30-16-10-24-45(53)46-25-11-17-31-54(46)63/h4-37,42,59,64-65H,1,38H2,2-3H3/t42-,59+/m1/s1. The average Bonchev–Trinajstić information content (AvgIpc) is 3.88. The van der Waals surface area contributed by atoms with Crippen molar-refractivity contribution in [1.82, 2.24) is 9.13 Å². The maximum absolute atomic E-state index is 12.4. The van der Waals surface area contributed by atoms with Crippen LogP contribution in [0.1, 0.15) is 29.2 Å². The fraction of sp³-hybridized carbons (Fsp3) is 0.0820. The Hall–Kier alpha value is -8.48. The van der Waals surface area contributed by atoms with E-state index in [0.29, 0.717) is 40.4 Å². The van der Waals surface area contributed by atoms with Crippen LogP contribution in [0, 0.1) is 13.8 Å². The molecule has 0 fully saturated rings. The highest BCUT2D eigenvalue weighted by atomic mass is 16.5. The lowest BCUT2D eigenvalue weighted by Crippen LogP contribution is -2.21. The third kappa shape index (κ3) is 7.33. The van der Waals surface area contributed by atoms with Gasteiger partial charge < -0.3 is 28.8 Å². The van der Waals surface area contributed by atoms with Crippen LogP contribution in [0.15, 0.2) is 213 Å². The Morgan fingerprint density at radius 1 is 0.448 bits per heavy atom. The smallest absolute Gasteiger partial charge is 0.147 e. The van der Waals surface area contributed by atoms with E-state index in [0.717, 1.165) is 71.4 Å². The minimum atomic E-state index is -0.503. The third-order valence-corrected chi connectivity index (χ3v) is 12.9. The quantitative estimate of drug-likeness (QED) is 0.120. The molecule has 0 amide bonds. The van der Waals surface area contributed by atoms with Gasteiger partial charge in [0.05, 0.1) is 33.4 Å². The van der Waals surface area contributed by atoms with E-state index in [1.54, 1.807) is 0 Å². The molecule has 0 saturated heterocycles. The number of fused-ring (bicyclic) bond motifs is 6. The number of aromatic hydroxyl groups is 2. The normalized spacial score (nSPS) is 12.4. The highest BCUT2D eigenvalue weighted by Gasteiger charge is 2.26. The topological polar surface area (TPSA) is 68.8 Å². The van der Waals surface area contributed by atoms with Crippen molar-refractivity contribution in [2.24, 2.45) is 0 Å². The molecule has 2 aromatic heterocycles. The minimum Gasteiger partial charge on any atom is -0.505 e. The number of rotatable bonds is 12. The van der Waals surface area contributed by atoms with Crippen molar-refractivity contribution in [3.8, 4) is 56.6 Å². The second kappa shape index (κ2) is 17.1. The molecule has 11 aromatic rings. The van der Waals surface area contributed by atoms with Crippen LogP contribution in [0.4, 0.5) is 0 Å². The van der Waals surface area contributed by atoms with Gasteiger partial charge in [-0.3, -0.25) is 0 Å². The maximum atomic E-state index is 12.4. The molecule has 0 radical (unpaired) electrons. The van der Waals surface area contributed by atoms with E-state index in [4.69, 9.17) is 9.47 Å². The summed E-state index contributed by atoms with van der Waals surface area (Å²) in [6.07, 6.45) is 1.24. The summed E-state index contributed by atoms with van der Waals surface area (Å²) >= 11 is 0. The minimum absolute atomic E-state index is 0.158. The van der Waals surface area contributed by atoms with Gasteiger partial charge in [0.1, 0.15) is 35.2 Å². The summed E-state index contributed by atoms with van der Waals surface area (Å²) in [7, 11) is 0. The van der Waals surface area contributed by atoms with Crippen molar-refractivity contribution < 1.29 is 19.7 Å². The van der Waals surface area contributed by atoms with Crippen molar-refractivity contribution in [2.45, 2.75) is 32.5 Å². The SMILES string of the molecule is C=C[C@H](C[C@H](Oc1ccccc1-c1cc(C)cc(-n2c3ccccc3c3ccccc32)c1O)c1ccccc1)Oc1ccccc1-c1cc(C)cc(-n2c3ccccc3c3ccccc32)c1O. The largest absolute Gasteiger partial charge is 0.505 e. The molecule has 6 nitrogen and oxygen atoms in total. The van der Waals surface area contributed by atoms with Gasteiger partial charge in [0.2, 0.25) is 0 Å². The number of para-hydroxylation sites is 6. The first-order valence-electron chi connectivity index (χ1n) is 22.7. The molecule has 2 atom stereocenters. The van der Waals surface area contributed by atoms with Gasteiger partial charge in [-0.25, -0.2) is 0 Å². The summed E-state index contributed by atoms with van der Waals surface area (Å²) < 4.78 is 18.3. The van der Waals surface area contributed by atoms with Gasteiger partial charge in [-0.2, -0.15) is 0 Å². The van der Waals surface area contributed by atoms with Crippen LogP contribution < -0.4 is 9.47 Å². The summed E-state index contributed by atoms with van der Waals surface area (Å²) in [4.78, 5) is 0. The number of benzene rings is 9. The van der Waals surface area contributed by atoms with Crippen molar-refractivity contribution in [1.29, 1.82) is 0 Å². The molecule has 0 unspecified atom stereocenters. The van der Waals surface area contributed by atoms with E-state index >= 15 is 0 Å². The molecule has 2 N–H and O–H groups in total. The zero-order valence-electron chi connectivity index (χ0n) is 37.3. The number of aromatic nitrogens is 2. The fourth-order valence-corrected chi connectivity index (χ4v) is 9.86. The van der Waals surface area contributed by atoms with E-state index in [1.807, 2.05) is 121 Å². The molecule has 326 valence electrons. The number of hydrogen-bond donors (Lipinski definition) is 2. The van der Waals surface area contributed by atoms with Crippen molar-refractivity contribution >= 4 is 43.6 Å². The molecule has 0 bridgehead atoms. The number of phenolic OH excluding ortho intramolecular Hbond substituents is 2. The molecule has 6 heteroatoms. The van der Waals surface area contributed by atoms with Gasteiger partial charge >= 0.3 is 0 Å². The van der Waals surface area contributed by atoms with E-state index in [-0.39, 0.29) is 11.5 Å². The predicted octanol–water partition coefficient (Wildman–Crippen LogP) is 15.4. The Labute approximate surface area is 389 Å². The van der Waals surface area contributed by atoms with E-state index < -0.39 is 12.2 Å². The molecule has 0 aliphatic heterocycles. The Kier molecular flexibility index (Phi) is 10.6. The van der Waals surface area contributed by atoms with Crippen LogP contribution in [0.25, 0.3) is 77.2 Å². The molecule has 11 rings (SSSR count). The molecule has 0 aliphatic rings. The van der Waals surface area contributed by atoms with Crippen LogP contribution in [0.5, 0.6) is 23.0 Å². The Bertz CT molecular complexity index is 3550. The second-order valence-electron chi connectivity index (χ2n) is 17.2. The molecule has 0 saturated carbocycles. The van der Waals surface area contributed by atoms with Gasteiger partial charge in [0, 0.05) is 50.2 Å². The van der Waals surface area contributed by atoms with Crippen LogP contribution in [-0.4, -0.2) is 25.5 Å². The zero-order valence-corrected chi connectivity index (χ0v) is 37.3. The van der Waals surface area contributed by atoms with Crippen LogP contribution in [0.3, 0.4) is 0 Å². The molecule has 0 spiro atoms. The molecular formula is C61H48N2O4. The van der Waals surface area contributed by atoms with Crippen LogP contribution in [0.2, 0.25) is 0 Å². The number of phenols is 2. The Morgan fingerprint density at radius 3 is 1.25 bits per heavy atom. The molecule has 2 heterocycles. The molecule has 67 heavy (non-hydrogen) atoms. The van der Waals surface area contributed by atoms with Gasteiger partial charge in [-0.05, 0) is 91.2 Å². The molecular weight excluding hydrogens is 825 g/mol. The monoisotopic (exact) mass is 872 g/mol. The number of nitrogens with zero attached hydrogens (tertiary/aromatic N) is 2. The first-order chi connectivity index (χ1) is 32.9. The van der Waals surface area contributed by atoms with E-state index in [2.05, 4.69) is 114 Å². The third-order valence-electron chi connectivity index (χ3n) is 12.9. The number of aryl methyl sites for hydroxylation is 2. The summed E-state index contributed by atoms with van der Waals surface area (Å²) in [6.45, 7) is 8.36. The van der Waals surface area contributed by atoms with Gasteiger partial charge in [-0.1, -0.05) is 152 Å². The fourth-order valence-electron chi connectivity index (χ4n) is 9.86.